The van der Waals surface area contributed by atoms with Gasteiger partial charge in [0, 0.05) is 11.9 Å². The van der Waals surface area contributed by atoms with Gasteiger partial charge in [-0.25, -0.2) is 9.48 Å². The van der Waals surface area contributed by atoms with Crippen LogP contribution >= 0.6 is 0 Å². The number of ether oxygens (including phenoxy) is 1. The van der Waals surface area contributed by atoms with Crippen molar-refractivity contribution in [2.45, 2.75) is 45.4 Å². The molecule has 1 aromatic heterocycles. The van der Waals surface area contributed by atoms with Gasteiger partial charge in [0.25, 0.3) is 0 Å². The highest BCUT2D eigenvalue weighted by Gasteiger charge is 2.54. The Hall–Kier alpha value is -2.63. The average molecular weight is 393 g/mol. The zero-order chi connectivity index (χ0) is 20.0. The third kappa shape index (κ3) is 3.34. The third-order valence-corrected chi connectivity index (χ3v) is 6.98. The van der Waals surface area contributed by atoms with E-state index >= 15 is 0 Å². The summed E-state index contributed by atoms with van der Waals surface area (Å²) in [5.74, 6) is 2.03. The second-order valence-electron chi connectivity index (χ2n) is 9.06. The van der Waals surface area contributed by atoms with Crippen molar-refractivity contribution in [3.8, 4) is 5.69 Å². The van der Waals surface area contributed by atoms with E-state index in [4.69, 9.17) is 4.74 Å². The van der Waals surface area contributed by atoms with Gasteiger partial charge < -0.3 is 10.1 Å². The van der Waals surface area contributed by atoms with Crippen LogP contribution in [0.25, 0.3) is 5.69 Å². The number of hydrogen-bond donors (Lipinski definition) is 1. The first kappa shape index (κ1) is 18.4. The number of esters is 1. The van der Waals surface area contributed by atoms with Crippen LogP contribution in [0.4, 0.5) is 5.69 Å². The molecule has 29 heavy (non-hydrogen) atoms. The fraction of sp³-hybridized carbons (Fsp3) is 0.522. The van der Waals surface area contributed by atoms with Crippen LogP contribution in [0.3, 0.4) is 0 Å². The molecule has 1 amide bonds. The van der Waals surface area contributed by atoms with Crippen LogP contribution in [0.15, 0.2) is 36.5 Å². The van der Waals surface area contributed by atoms with Gasteiger partial charge in [-0.15, -0.1) is 0 Å². The summed E-state index contributed by atoms with van der Waals surface area (Å²) in [5, 5.41) is 7.45. The van der Waals surface area contributed by atoms with Crippen LogP contribution in [0.5, 0.6) is 0 Å². The normalized spacial score (nSPS) is 29.6. The second kappa shape index (κ2) is 7.01. The van der Waals surface area contributed by atoms with E-state index in [9.17, 15) is 9.59 Å². The van der Waals surface area contributed by atoms with Crippen LogP contribution in [0.1, 0.15) is 55.9 Å². The Kier molecular flexibility index (Phi) is 4.45. The maximum absolute atomic E-state index is 13.2. The van der Waals surface area contributed by atoms with E-state index in [1.54, 1.807) is 23.9 Å². The highest BCUT2D eigenvalue weighted by atomic mass is 16.5. The van der Waals surface area contributed by atoms with Crippen molar-refractivity contribution in [1.29, 1.82) is 0 Å². The summed E-state index contributed by atoms with van der Waals surface area (Å²) in [4.78, 5) is 25.0. The quantitative estimate of drug-likeness (QED) is 0.773. The fourth-order valence-corrected chi connectivity index (χ4v) is 6.13. The van der Waals surface area contributed by atoms with E-state index in [1.807, 2.05) is 24.3 Å². The van der Waals surface area contributed by atoms with Gasteiger partial charge in [0.1, 0.15) is 0 Å². The lowest BCUT2D eigenvalue weighted by molar-refractivity contribution is -0.140. The zero-order valence-electron chi connectivity index (χ0n) is 16.8. The van der Waals surface area contributed by atoms with Crippen LogP contribution in [0.2, 0.25) is 0 Å². The maximum Gasteiger partial charge on any atom is 0.358 e. The molecule has 1 aromatic carbocycles. The van der Waals surface area contributed by atoms with Gasteiger partial charge in [-0.1, -0.05) is 0 Å². The molecule has 1 heterocycles. The van der Waals surface area contributed by atoms with Crippen molar-refractivity contribution in [2.24, 2.45) is 23.2 Å². The monoisotopic (exact) mass is 393 g/mol. The molecule has 6 nitrogen and oxygen atoms in total. The minimum atomic E-state index is -0.425. The van der Waals surface area contributed by atoms with Crippen LogP contribution in [-0.4, -0.2) is 28.3 Å². The van der Waals surface area contributed by atoms with Crippen molar-refractivity contribution >= 4 is 17.6 Å². The van der Waals surface area contributed by atoms with Gasteiger partial charge in [-0.2, -0.15) is 5.10 Å². The predicted molar refractivity (Wildman–Crippen MR) is 109 cm³/mol. The number of benzene rings is 1. The number of nitrogens with one attached hydrogen (secondary N) is 1. The Labute approximate surface area is 170 Å². The second-order valence-corrected chi connectivity index (χ2v) is 9.06. The Morgan fingerprint density at radius 2 is 1.69 bits per heavy atom. The van der Waals surface area contributed by atoms with Gasteiger partial charge in [-0.05, 0) is 93.5 Å². The molecule has 4 saturated carbocycles. The number of carbonyl (C=O) groups excluding carboxylic acids is 2. The molecular weight excluding hydrogens is 366 g/mol. The molecule has 0 unspecified atom stereocenters. The first-order chi connectivity index (χ1) is 14.0. The number of amides is 1. The summed E-state index contributed by atoms with van der Waals surface area (Å²) in [7, 11) is 0. The van der Waals surface area contributed by atoms with E-state index in [2.05, 4.69) is 10.4 Å². The lowest BCUT2D eigenvalue weighted by Crippen LogP contribution is -2.51. The molecule has 0 radical (unpaired) electrons. The molecule has 4 aliphatic rings. The highest BCUT2D eigenvalue weighted by Crippen LogP contribution is 2.60. The number of carbonyl (C=O) groups is 2. The number of hydrogen-bond acceptors (Lipinski definition) is 4. The summed E-state index contributed by atoms with van der Waals surface area (Å²) >= 11 is 0. The van der Waals surface area contributed by atoms with Crippen molar-refractivity contribution < 1.29 is 14.3 Å². The molecule has 152 valence electrons. The summed E-state index contributed by atoms with van der Waals surface area (Å²) in [6.45, 7) is 2.09. The zero-order valence-corrected chi connectivity index (χ0v) is 16.8. The van der Waals surface area contributed by atoms with Crippen LogP contribution in [-0.2, 0) is 9.53 Å². The summed E-state index contributed by atoms with van der Waals surface area (Å²) in [5.41, 5.74) is 1.77. The lowest BCUT2D eigenvalue weighted by Gasteiger charge is -2.55. The lowest BCUT2D eigenvalue weighted by atomic mass is 9.49. The van der Waals surface area contributed by atoms with Gasteiger partial charge in [0.2, 0.25) is 5.91 Å². The molecule has 0 spiro atoms. The third-order valence-electron chi connectivity index (χ3n) is 6.98. The standard InChI is InChI=1S/C23H27N3O3/c1-2-29-21(27)20-7-8-26(25-20)19-5-3-18(4-6-19)24-22(28)23-12-15-9-16(13-23)11-17(10-15)14-23/h3-8,15-17H,2,9-14H2,1H3,(H,24,28). The van der Waals surface area contributed by atoms with Crippen LogP contribution in [0, 0.1) is 23.2 Å². The Balaban J connectivity index is 1.28. The van der Waals surface area contributed by atoms with E-state index in [0.717, 1.165) is 48.4 Å². The molecule has 4 fully saturated rings. The van der Waals surface area contributed by atoms with E-state index in [0.29, 0.717) is 6.61 Å². The molecule has 0 atom stereocenters. The summed E-state index contributed by atoms with van der Waals surface area (Å²) in [6.07, 6.45) is 8.92. The topological polar surface area (TPSA) is 73.2 Å². The molecule has 0 aliphatic heterocycles. The highest BCUT2D eigenvalue weighted by molar-refractivity contribution is 5.95. The smallest absolute Gasteiger partial charge is 0.358 e. The molecule has 6 heteroatoms. The number of anilines is 1. The van der Waals surface area contributed by atoms with Crippen molar-refractivity contribution in [3.05, 3.63) is 42.2 Å². The van der Waals surface area contributed by atoms with Gasteiger partial charge in [0.15, 0.2) is 5.69 Å². The van der Waals surface area contributed by atoms with Crippen molar-refractivity contribution in [3.63, 3.8) is 0 Å². The van der Waals surface area contributed by atoms with Gasteiger partial charge in [0.05, 0.1) is 17.7 Å². The minimum Gasteiger partial charge on any atom is -0.461 e. The molecule has 4 bridgehead atoms. The van der Waals surface area contributed by atoms with Gasteiger partial charge >= 0.3 is 5.97 Å². The SMILES string of the molecule is CCOC(=O)c1ccn(-c2ccc(NC(=O)C34CC5CC(CC(C5)C3)C4)cc2)n1. The minimum absolute atomic E-state index is 0.149. The first-order valence-corrected chi connectivity index (χ1v) is 10.7. The van der Waals surface area contributed by atoms with Crippen molar-refractivity contribution in [2.75, 3.05) is 11.9 Å². The molecular formula is C23H27N3O3. The summed E-state index contributed by atoms with van der Waals surface area (Å²) in [6, 6.07) is 9.24. The average Bonchev–Trinajstić information content (AvgIpc) is 3.18. The number of nitrogens with zero attached hydrogens (tertiary/aromatic N) is 2. The number of rotatable bonds is 5. The molecule has 2 aromatic rings. The Bertz CT molecular complexity index is 896. The summed E-state index contributed by atoms with van der Waals surface area (Å²) < 4.78 is 6.61. The number of aromatic nitrogens is 2. The Morgan fingerprint density at radius 1 is 1.07 bits per heavy atom. The molecule has 0 saturated heterocycles. The molecule has 4 aliphatic carbocycles. The van der Waals surface area contributed by atoms with E-state index < -0.39 is 5.97 Å². The largest absolute Gasteiger partial charge is 0.461 e. The van der Waals surface area contributed by atoms with E-state index in [1.165, 1.54) is 19.3 Å². The first-order valence-electron chi connectivity index (χ1n) is 10.7. The molecule has 1 N–H and O–H groups in total. The van der Waals surface area contributed by atoms with Crippen LogP contribution < -0.4 is 5.32 Å². The maximum atomic E-state index is 13.2. The fourth-order valence-electron chi connectivity index (χ4n) is 6.13. The molecule has 6 rings (SSSR count). The Morgan fingerprint density at radius 3 is 2.28 bits per heavy atom. The predicted octanol–water partition coefficient (Wildman–Crippen LogP) is 4.20. The van der Waals surface area contributed by atoms with E-state index in [-0.39, 0.29) is 17.0 Å². The van der Waals surface area contributed by atoms with Crippen molar-refractivity contribution in [1.82, 2.24) is 9.78 Å². The van der Waals surface area contributed by atoms with Gasteiger partial charge in [-0.3, -0.25) is 4.79 Å².